The molecule has 1 aliphatic rings. The summed E-state index contributed by atoms with van der Waals surface area (Å²) in [5, 5.41) is 24.3. The van der Waals surface area contributed by atoms with Crippen LogP contribution >= 0.6 is 0 Å². The van der Waals surface area contributed by atoms with Gasteiger partial charge >= 0.3 is 0 Å². The van der Waals surface area contributed by atoms with Crippen LogP contribution < -0.4 is 10.1 Å². The largest absolute Gasteiger partial charge is 0.494 e. The van der Waals surface area contributed by atoms with E-state index in [9.17, 15) is 19.6 Å². The van der Waals surface area contributed by atoms with E-state index in [1.807, 2.05) is 0 Å². The van der Waals surface area contributed by atoms with Crippen LogP contribution in [-0.2, 0) is 0 Å². The first-order chi connectivity index (χ1) is 9.95. The molecule has 116 valence electrons. The molecule has 2 rings (SSSR count). The Hall–Kier alpha value is -1.89. The van der Waals surface area contributed by atoms with Crippen LogP contribution in [0.4, 0.5) is 15.8 Å². The van der Waals surface area contributed by atoms with Gasteiger partial charge in [-0.05, 0) is 12.8 Å². The molecule has 1 aromatic rings. The summed E-state index contributed by atoms with van der Waals surface area (Å²) < 4.78 is 18.4. The number of hydrogen-bond acceptors (Lipinski definition) is 5. The number of ether oxygens (including phenoxy) is 1. The molecule has 1 fully saturated rings. The normalized spacial score (nSPS) is 17.3. The van der Waals surface area contributed by atoms with E-state index in [0.29, 0.717) is 12.8 Å². The zero-order valence-electron chi connectivity index (χ0n) is 11.9. The number of aliphatic hydroxyl groups is 1. The summed E-state index contributed by atoms with van der Waals surface area (Å²) in [6.45, 7) is 0.197. The summed E-state index contributed by atoms with van der Waals surface area (Å²) in [6.07, 6.45) is 4.28. The van der Waals surface area contributed by atoms with Crippen molar-refractivity contribution in [1.82, 2.24) is 0 Å². The van der Waals surface area contributed by atoms with Crippen LogP contribution in [0.3, 0.4) is 0 Å². The van der Waals surface area contributed by atoms with Gasteiger partial charge in [0.05, 0.1) is 23.7 Å². The summed E-state index contributed by atoms with van der Waals surface area (Å²) in [5.74, 6) is -0.857. The van der Waals surface area contributed by atoms with Gasteiger partial charge < -0.3 is 15.2 Å². The van der Waals surface area contributed by atoms with E-state index in [4.69, 9.17) is 4.74 Å². The molecule has 21 heavy (non-hydrogen) atoms. The highest BCUT2D eigenvalue weighted by molar-refractivity contribution is 5.64. The maximum absolute atomic E-state index is 13.6. The first kappa shape index (κ1) is 15.5. The van der Waals surface area contributed by atoms with Gasteiger partial charge in [-0.3, -0.25) is 10.1 Å². The van der Waals surface area contributed by atoms with Crippen molar-refractivity contribution < 1.29 is 19.2 Å². The lowest BCUT2D eigenvalue weighted by atomic mass is 9.85. The number of methoxy groups -OCH3 is 1. The average molecular weight is 298 g/mol. The highest BCUT2D eigenvalue weighted by atomic mass is 19.1. The topological polar surface area (TPSA) is 84.6 Å². The predicted molar refractivity (Wildman–Crippen MR) is 76.1 cm³/mol. The van der Waals surface area contributed by atoms with Gasteiger partial charge in [-0.1, -0.05) is 19.3 Å². The van der Waals surface area contributed by atoms with Crippen LogP contribution in [0.1, 0.15) is 32.1 Å². The SMILES string of the molecule is COc1cc(NCC2(O)CCCCC2)c([N+](=O)[O-])cc1F. The van der Waals surface area contributed by atoms with Crippen molar-refractivity contribution in [2.45, 2.75) is 37.7 Å². The Morgan fingerprint density at radius 2 is 2.10 bits per heavy atom. The third-order valence-corrected chi connectivity index (χ3v) is 3.86. The van der Waals surface area contributed by atoms with E-state index < -0.39 is 16.3 Å². The average Bonchev–Trinajstić information content (AvgIpc) is 2.46. The second-order valence-corrected chi connectivity index (χ2v) is 5.40. The Morgan fingerprint density at radius 3 is 2.67 bits per heavy atom. The molecule has 1 saturated carbocycles. The van der Waals surface area contributed by atoms with Crippen molar-refractivity contribution in [1.29, 1.82) is 0 Å². The van der Waals surface area contributed by atoms with Crippen LogP contribution in [-0.4, -0.2) is 29.3 Å². The number of nitrogens with one attached hydrogen (secondary N) is 1. The Balaban J connectivity index is 2.19. The summed E-state index contributed by atoms with van der Waals surface area (Å²) >= 11 is 0. The third-order valence-electron chi connectivity index (χ3n) is 3.86. The molecule has 0 bridgehead atoms. The standard InChI is InChI=1S/C14H19FN2O4/c1-21-13-8-11(12(17(19)20)7-10(13)15)16-9-14(18)5-3-2-4-6-14/h7-8,16,18H,2-6,9H2,1H3. The van der Waals surface area contributed by atoms with Crippen molar-refractivity contribution in [3.63, 3.8) is 0 Å². The van der Waals surface area contributed by atoms with Gasteiger partial charge in [0.2, 0.25) is 0 Å². The van der Waals surface area contributed by atoms with Gasteiger partial charge in [-0.2, -0.15) is 0 Å². The van der Waals surface area contributed by atoms with E-state index in [1.54, 1.807) is 0 Å². The molecule has 0 radical (unpaired) electrons. The minimum absolute atomic E-state index is 0.0706. The fraction of sp³-hybridized carbons (Fsp3) is 0.571. The van der Waals surface area contributed by atoms with Gasteiger partial charge in [0.25, 0.3) is 5.69 Å². The minimum atomic E-state index is -0.867. The molecule has 1 aromatic carbocycles. The summed E-state index contributed by atoms with van der Waals surface area (Å²) in [4.78, 5) is 10.3. The maximum atomic E-state index is 13.6. The lowest BCUT2D eigenvalue weighted by molar-refractivity contribution is -0.384. The number of nitro groups is 1. The quantitative estimate of drug-likeness (QED) is 0.645. The number of halogens is 1. The Morgan fingerprint density at radius 1 is 1.43 bits per heavy atom. The van der Waals surface area contributed by atoms with Gasteiger partial charge in [0.15, 0.2) is 11.6 Å². The Kier molecular flexibility index (Phi) is 4.62. The van der Waals surface area contributed by atoms with Gasteiger partial charge in [-0.15, -0.1) is 0 Å². The van der Waals surface area contributed by atoms with Gasteiger partial charge in [-0.25, -0.2) is 4.39 Å². The van der Waals surface area contributed by atoms with Crippen LogP contribution in [0.25, 0.3) is 0 Å². The fourth-order valence-electron chi connectivity index (χ4n) is 2.64. The van der Waals surface area contributed by atoms with Crippen LogP contribution in [0.2, 0.25) is 0 Å². The Bertz CT molecular complexity index is 530. The summed E-state index contributed by atoms with van der Waals surface area (Å²) in [7, 11) is 1.29. The highest BCUT2D eigenvalue weighted by Gasteiger charge is 2.30. The number of hydrogen-bond donors (Lipinski definition) is 2. The second-order valence-electron chi connectivity index (χ2n) is 5.40. The first-order valence-electron chi connectivity index (χ1n) is 6.93. The van der Waals surface area contributed by atoms with Crippen molar-refractivity contribution in [2.24, 2.45) is 0 Å². The lowest BCUT2D eigenvalue weighted by Gasteiger charge is -2.32. The monoisotopic (exact) mass is 298 g/mol. The summed E-state index contributed by atoms with van der Waals surface area (Å²) in [6, 6.07) is 2.08. The molecule has 0 heterocycles. The molecule has 6 nitrogen and oxygen atoms in total. The molecule has 0 unspecified atom stereocenters. The van der Waals surface area contributed by atoms with E-state index in [2.05, 4.69) is 5.32 Å². The van der Waals surface area contributed by atoms with Crippen LogP contribution in [0.15, 0.2) is 12.1 Å². The van der Waals surface area contributed by atoms with Crippen molar-refractivity contribution in [3.05, 3.63) is 28.1 Å². The number of anilines is 1. The van der Waals surface area contributed by atoms with Crippen LogP contribution in [0, 0.1) is 15.9 Å². The zero-order chi connectivity index (χ0) is 15.5. The minimum Gasteiger partial charge on any atom is -0.494 e. The molecule has 1 aliphatic carbocycles. The van der Waals surface area contributed by atoms with Crippen molar-refractivity contribution in [2.75, 3.05) is 19.0 Å². The molecule has 0 aromatic heterocycles. The molecule has 2 N–H and O–H groups in total. The van der Waals surface area contributed by atoms with Crippen molar-refractivity contribution >= 4 is 11.4 Å². The number of nitro benzene ring substituents is 1. The fourth-order valence-corrected chi connectivity index (χ4v) is 2.64. The molecule has 0 spiro atoms. The molecular formula is C14H19FN2O4. The summed E-state index contributed by atoms with van der Waals surface area (Å²) in [5.41, 5.74) is -1.08. The van der Waals surface area contributed by atoms with E-state index >= 15 is 0 Å². The molecule has 0 amide bonds. The van der Waals surface area contributed by atoms with Gasteiger partial charge in [0.1, 0.15) is 5.69 Å². The van der Waals surface area contributed by atoms with E-state index in [0.717, 1.165) is 25.3 Å². The zero-order valence-corrected chi connectivity index (χ0v) is 11.9. The smallest absolute Gasteiger partial charge is 0.295 e. The van der Waals surface area contributed by atoms with Crippen molar-refractivity contribution in [3.8, 4) is 5.75 Å². The van der Waals surface area contributed by atoms with E-state index in [1.165, 1.54) is 13.2 Å². The van der Waals surface area contributed by atoms with Gasteiger partial charge in [0, 0.05) is 12.6 Å². The molecule has 0 atom stereocenters. The van der Waals surface area contributed by atoms with E-state index in [-0.39, 0.29) is 23.7 Å². The molecule has 0 saturated heterocycles. The second kappa shape index (κ2) is 6.26. The first-order valence-corrected chi connectivity index (χ1v) is 6.93. The number of benzene rings is 1. The molecule has 7 heteroatoms. The van der Waals surface area contributed by atoms with Crippen LogP contribution in [0.5, 0.6) is 5.75 Å². The predicted octanol–water partition coefficient (Wildman–Crippen LogP) is 2.85. The maximum Gasteiger partial charge on any atom is 0.295 e. The molecule has 0 aliphatic heterocycles. The number of rotatable bonds is 5. The lowest BCUT2D eigenvalue weighted by Crippen LogP contribution is -2.38. The number of nitrogens with zero attached hydrogens (tertiary/aromatic N) is 1. The Labute approximate surface area is 122 Å². The highest BCUT2D eigenvalue weighted by Crippen LogP contribution is 2.33. The molecular weight excluding hydrogens is 279 g/mol. The third kappa shape index (κ3) is 3.60.